The second kappa shape index (κ2) is 9.06. The van der Waals surface area contributed by atoms with Crippen LogP contribution in [0.1, 0.15) is 35.7 Å². The van der Waals surface area contributed by atoms with Crippen molar-refractivity contribution in [3.05, 3.63) is 68.5 Å². The molecule has 1 aromatic carbocycles. The lowest BCUT2D eigenvalue weighted by Gasteiger charge is -2.24. The van der Waals surface area contributed by atoms with E-state index in [1.807, 2.05) is 19.1 Å². The van der Waals surface area contributed by atoms with Gasteiger partial charge in [0.25, 0.3) is 11.5 Å². The lowest BCUT2D eigenvalue weighted by molar-refractivity contribution is 0.0767. The van der Waals surface area contributed by atoms with E-state index in [4.69, 9.17) is 5.26 Å². The molecule has 0 saturated carbocycles. The molecule has 1 aliphatic heterocycles. The molecule has 4 rings (SSSR count). The third-order valence-electron chi connectivity index (χ3n) is 5.67. The Morgan fingerprint density at radius 3 is 2.66 bits per heavy atom. The summed E-state index contributed by atoms with van der Waals surface area (Å²) in [6.45, 7) is 4.95. The molecule has 0 aliphatic carbocycles. The molecular weight excluding hydrogens is 408 g/mol. The molecule has 3 heterocycles. The molecule has 0 bridgehead atoms. The van der Waals surface area contributed by atoms with Gasteiger partial charge in [0.05, 0.1) is 22.6 Å². The van der Waals surface area contributed by atoms with Crippen LogP contribution in [0.15, 0.2) is 46.1 Å². The van der Waals surface area contributed by atoms with E-state index < -0.39 is 11.2 Å². The van der Waals surface area contributed by atoms with Crippen molar-refractivity contribution in [3.63, 3.8) is 0 Å². The SMILES string of the molecule is CCCn1c(=O)[nH]c(=O)c2cc(C(=O)N3CCCN(c4ccc(C#N)cc4)CC3)cnc21. The molecule has 32 heavy (non-hydrogen) atoms. The first kappa shape index (κ1) is 21.3. The van der Waals surface area contributed by atoms with Crippen molar-refractivity contribution in [2.45, 2.75) is 26.3 Å². The monoisotopic (exact) mass is 432 g/mol. The molecular formula is C23H24N6O3. The number of amides is 1. The summed E-state index contributed by atoms with van der Waals surface area (Å²) in [7, 11) is 0. The number of aromatic amines is 1. The molecule has 0 unspecified atom stereocenters. The zero-order valence-corrected chi connectivity index (χ0v) is 17.9. The van der Waals surface area contributed by atoms with Crippen LogP contribution in [0.3, 0.4) is 0 Å². The van der Waals surface area contributed by atoms with E-state index in [2.05, 4.69) is 20.9 Å². The molecule has 1 amide bonds. The maximum atomic E-state index is 13.2. The van der Waals surface area contributed by atoms with Crippen LogP contribution in [0.25, 0.3) is 11.0 Å². The van der Waals surface area contributed by atoms with E-state index in [9.17, 15) is 14.4 Å². The first-order valence-corrected chi connectivity index (χ1v) is 10.7. The number of anilines is 1. The number of hydrogen-bond acceptors (Lipinski definition) is 6. The maximum Gasteiger partial charge on any atom is 0.329 e. The second-order valence-electron chi connectivity index (χ2n) is 7.80. The molecule has 3 aromatic rings. The quantitative estimate of drug-likeness (QED) is 0.671. The van der Waals surface area contributed by atoms with Crippen molar-refractivity contribution in [1.82, 2.24) is 19.4 Å². The van der Waals surface area contributed by atoms with Gasteiger partial charge in [-0.2, -0.15) is 5.26 Å². The molecule has 9 nitrogen and oxygen atoms in total. The number of H-pyrrole nitrogens is 1. The summed E-state index contributed by atoms with van der Waals surface area (Å²) >= 11 is 0. The van der Waals surface area contributed by atoms with Crippen LogP contribution in [0.4, 0.5) is 5.69 Å². The third kappa shape index (κ3) is 4.12. The van der Waals surface area contributed by atoms with Crippen molar-refractivity contribution >= 4 is 22.6 Å². The van der Waals surface area contributed by atoms with Gasteiger partial charge < -0.3 is 9.80 Å². The molecule has 9 heteroatoms. The normalized spacial score (nSPS) is 14.2. The summed E-state index contributed by atoms with van der Waals surface area (Å²) in [5, 5.41) is 9.21. The van der Waals surface area contributed by atoms with Crippen LogP contribution in [-0.4, -0.2) is 51.5 Å². The van der Waals surface area contributed by atoms with E-state index in [0.717, 1.165) is 18.7 Å². The van der Waals surface area contributed by atoms with E-state index >= 15 is 0 Å². The van der Waals surface area contributed by atoms with Gasteiger partial charge in [0.1, 0.15) is 5.65 Å². The molecule has 0 radical (unpaired) electrons. The van der Waals surface area contributed by atoms with Crippen molar-refractivity contribution in [2.24, 2.45) is 0 Å². The van der Waals surface area contributed by atoms with Crippen molar-refractivity contribution < 1.29 is 4.79 Å². The predicted molar refractivity (Wildman–Crippen MR) is 121 cm³/mol. The average molecular weight is 432 g/mol. The molecule has 1 N–H and O–H groups in total. The van der Waals surface area contributed by atoms with Crippen LogP contribution >= 0.6 is 0 Å². The Balaban J connectivity index is 1.55. The summed E-state index contributed by atoms with van der Waals surface area (Å²) in [5.41, 5.74) is 1.22. The first-order valence-electron chi connectivity index (χ1n) is 10.7. The number of nitrogens with zero attached hydrogens (tertiary/aromatic N) is 5. The van der Waals surface area contributed by atoms with Gasteiger partial charge in [-0.05, 0) is 43.2 Å². The number of aromatic nitrogens is 3. The molecule has 2 aromatic heterocycles. The number of nitriles is 1. The summed E-state index contributed by atoms with van der Waals surface area (Å²) in [4.78, 5) is 48.2. The van der Waals surface area contributed by atoms with Gasteiger partial charge in [-0.1, -0.05) is 6.92 Å². The number of rotatable bonds is 4. The molecule has 1 saturated heterocycles. The Morgan fingerprint density at radius 1 is 1.16 bits per heavy atom. The van der Waals surface area contributed by atoms with Crippen LogP contribution in [0, 0.1) is 11.3 Å². The maximum absolute atomic E-state index is 13.2. The van der Waals surface area contributed by atoms with Gasteiger partial charge in [0.2, 0.25) is 0 Å². The Morgan fingerprint density at radius 2 is 1.94 bits per heavy atom. The number of fused-ring (bicyclic) bond motifs is 1. The van der Waals surface area contributed by atoms with Crippen LogP contribution in [0.5, 0.6) is 0 Å². The largest absolute Gasteiger partial charge is 0.370 e. The van der Waals surface area contributed by atoms with Crippen LogP contribution < -0.4 is 16.1 Å². The smallest absolute Gasteiger partial charge is 0.329 e. The van der Waals surface area contributed by atoms with Gasteiger partial charge in [-0.15, -0.1) is 0 Å². The van der Waals surface area contributed by atoms with Crippen molar-refractivity contribution in [2.75, 3.05) is 31.1 Å². The average Bonchev–Trinajstić information content (AvgIpc) is 3.07. The molecule has 1 fully saturated rings. The summed E-state index contributed by atoms with van der Waals surface area (Å²) in [6.07, 6.45) is 2.95. The predicted octanol–water partition coefficient (Wildman–Crippen LogP) is 1.72. The highest BCUT2D eigenvalue weighted by Gasteiger charge is 2.22. The lowest BCUT2D eigenvalue weighted by Crippen LogP contribution is -2.35. The number of nitrogens with one attached hydrogen (secondary N) is 1. The summed E-state index contributed by atoms with van der Waals surface area (Å²) < 4.78 is 1.42. The van der Waals surface area contributed by atoms with Crippen LogP contribution in [-0.2, 0) is 6.54 Å². The number of hydrogen-bond donors (Lipinski definition) is 1. The fourth-order valence-electron chi connectivity index (χ4n) is 4.02. The standard InChI is InChI=1S/C23H24N6O3/c1-2-8-29-20-19(21(30)26-23(29)32)13-17(15-25-20)22(31)28-10-3-9-27(11-12-28)18-6-4-16(14-24)5-7-18/h4-7,13,15H,2-3,8-12H2,1H3,(H,26,30,32). The van der Waals surface area contributed by atoms with Crippen LogP contribution in [0.2, 0.25) is 0 Å². The Bertz CT molecular complexity index is 1300. The van der Waals surface area contributed by atoms with Gasteiger partial charge in [0, 0.05) is 44.6 Å². The van der Waals surface area contributed by atoms with Gasteiger partial charge in [-0.3, -0.25) is 19.1 Å². The minimum absolute atomic E-state index is 0.186. The fraction of sp³-hybridized carbons (Fsp3) is 0.348. The number of pyridine rings is 1. The summed E-state index contributed by atoms with van der Waals surface area (Å²) in [6, 6.07) is 11.1. The molecule has 164 valence electrons. The Labute approximate surface area is 184 Å². The third-order valence-corrected chi connectivity index (χ3v) is 5.67. The number of benzene rings is 1. The first-order chi connectivity index (χ1) is 15.5. The Kier molecular flexibility index (Phi) is 6.03. The highest BCUT2D eigenvalue weighted by molar-refractivity contribution is 5.96. The minimum atomic E-state index is -0.539. The van der Waals surface area contributed by atoms with Crippen molar-refractivity contribution in [3.8, 4) is 6.07 Å². The van der Waals surface area contributed by atoms with Gasteiger partial charge in [0.15, 0.2) is 0 Å². The number of aryl methyl sites for hydroxylation is 1. The number of carbonyl (C=O) groups is 1. The highest BCUT2D eigenvalue weighted by atomic mass is 16.2. The molecule has 1 aliphatic rings. The van der Waals surface area contributed by atoms with Gasteiger partial charge in [-0.25, -0.2) is 9.78 Å². The zero-order chi connectivity index (χ0) is 22.7. The van der Waals surface area contributed by atoms with E-state index in [1.165, 1.54) is 16.8 Å². The minimum Gasteiger partial charge on any atom is -0.370 e. The second-order valence-corrected chi connectivity index (χ2v) is 7.80. The number of carbonyl (C=O) groups excluding carboxylic acids is 1. The van der Waals surface area contributed by atoms with Gasteiger partial charge >= 0.3 is 5.69 Å². The zero-order valence-electron chi connectivity index (χ0n) is 17.9. The van der Waals surface area contributed by atoms with E-state index in [0.29, 0.717) is 49.4 Å². The summed E-state index contributed by atoms with van der Waals surface area (Å²) in [5.74, 6) is -0.186. The topological polar surface area (TPSA) is 115 Å². The Hall–Kier alpha value is -3.93. The van der Waals surface area contributed by atoms with Crippen molar-refractivity contribution in [1.29, 1.82) is 5.26 Å². The fourth-order valence-corrected chi connectivity index (χ4v) is 4.02. The molecule has 0 atom stereocenters. The molecule has 0 spiro atoms. The lowest BCUT2D eigenvalue weighted by atomic mass is 10.2. The van der Waals surface area contributed by atoms with E-state index in [-0.39, 0.29) is 11.3 Å². The highest BCUT2D eigenvalue weighted by Crippen LogP contribution is 2.19. The van der Waals surface area contributed by atoms with E-state index in [1.54, 1.807) is 17.0 Å².